The first-order valence-electron chi connectivity index (χ1n) is 9.98. The van der Waals surface area contributed by atoms with Crippen LogP contribution in [0.5, 0.6) is 0 Å². The zero-order valence-electron chi connectivity index (χ0n) is 18.0. The van der Waals surface area contributed by atoms with Crippen molar-refractivity contribution < 1.29 is 0 Å². The molecule has 0 N–H and O–H groups in total. The summed E-state index contributed by atoms with van der Waals surface area (Å²) in [5, 5.41) is 0. The summed E-state index contributed by atoms with van der Waals surface area (Å²) < 4.78 is 0. The third-order valence-corrected chi connectivity index (χ3v) is 6.66. The minimum atomic E-state index is 1.01. The lowest BCUT2D eigenvalue weighted by atomic mass is 9.89. The van der Waals surface area contributed by atoms with Crippen LogP contribution in [-0.4, -0.2) is 0 Å². The Hall–Kier alpha value is -2.34. The van der Waals surface area contributed by atoms with Crippen LogP contribution in [0.15, 0.2) is 42.5 Å². The Kier molecular flexibility index (Phi) is 5.56. The molecule has 140 valence electrons. The third-order valence-electron chi connectivity index (χ3n) is 6.66. The number of rotatable bonds is 4. The van der Waals surface area contributed by atoms with E-state index in [0.717, 1.165) is 12.8 Å². The van der Waals surface area contributed by atoms with Gasteiger partial charge < -0.3 is 0 Å². The average Bonchev–Trinajstić information content (AvgIpc) is 2.65. The Balaban J connectivity index is 1.93. The van der Waals surface area contributed by atoms with Gasteiger partial charge in [-0.15, -0.1) is 0 Å². The zero-order valence-corrected chi connectivity index (χ0v) is 18.0. The standard InChI is InChI=1S/C27H32/c1-17-11-13-26(21(5)19(17)3)15-24-9-8-10-25(23(24)7)16-27-14-12-18(2)20(4)22(27)6/h8-14H,15-16H2,1-7H3. The molecular weight excluding hydrogens is 324 g/mol. The third kappa shape index (κ3) is 3.86. The molecule has 0 aliphatic carbocycles. The molecule has 0 radical (unpaired) electrons. The lowest BCUT2D eigenvalue weighted by Crippen LogP contribution is -2.02. The fraction of sp³-hybridized carbons (Fsp3) is 0.333. The van der Waals surface area contributed by atoms with Crippen molar-refractivity contribution in [1.82, 2.24) is 0 Å². The van der Waals surface area contributed by atoms with E-state index < -0.39 is 0 Å². The summed E-state index contributed by atoms with van der Waals surface area (Å²) in [7, 11) is 0. The number of hydrogen-bond acceptors (Lipinski definition) is 0. The van der Waals surface area contributed by atoms with E-state index >= 15 is 0 Å². The van der Waals surface area contributed by atoms with Crippen molar-refractivity contribution in [2.24, 2.45) is 0 Å². The number of aryl methyl sites for hydroxylation is 2. The van der Waals surface area contributed by atoms with Gasteiger partial charge >= 0.3 is 0 Å². The first-order chi connectivity index (χ1) is 12.8. The van der Waals surface area contributed by atoms with Gasteiger partial charge in [-0.05, 0) is 123 Å². The molecular formula is C27H32. The van der Waals surface area contributed by atoms with E-state index in [2.05, 4.69) is 90.9 Å². The van der Waals surface area contributed by atoms with Crippen molar-refractivity contribution in [1.29, 1.82) is 0 Å². The molecule has 3 aromatic carbocycles. The van der Waals surface area contributed by atoms with Crippen LogP contribution >= 0.6 is 0 Å². The smallest absolute Gasteiger partial charge is 0.00203 e. The van der Waals surface area contributed by atoms with E-state index in [1.807, 2.05) is 0 Å². The van der Waals surface area contributed by atoms with Crippen molar-refractivity contribution in [3.8, 4) is 0 Å². The highest BCUT2D eigenvalue weighted by Gasteiger charge is 2.11. The van der Waals surface area contributed by atoms with Gasteiger partial charge in [0.1, 0.15) is 0 Å². The Labute approximate surface area is 165 Å². The highest BCUT2D eigenvalue weighted by atomic mass is 14.2. The fourth-order valence-electron chi connectivity index (χ4n) is 3.94. The average molecular weight is 357 g/mol. The second-order valence-corrected chi connectivity index (χ2v) is 8.14. The van der Waals surface area contributed by atoms with Crippen LogP contribution in [-0.2, 0) is 12.8 Å². The van der Waals surface area contributed by atoms with Gasteiger partial charge in [-0.25, -0.2) is 0 Å². The van der Waals surface area contributed by atoms with E-state index in [-0.39, 0.29) is 0 Å². The Morgan fingerprint density at radius 2 is 0.778 bits per heavy atom. The summed E-state index contributed by atoms with van der Waals surface area (Å²) in [6.45, 7) is 15.7. The molecule has 3 aromatic rings. The van der Waals surface area contributed by atoms with Gasteiger partial charge in [-0.1, -0.05) is 42.5 Å². The first kappa shape index (κ1) is 19.4. The summed E-state index contributed by atoms with van der Waals surface area (Å²) in [4.78, 5) is 0. The van der Waals surface area contributed by atoms with Crippen molar-refractivity contribution in [2.75, 3.05) is 0 Å². The molecule has 0 heteroatoms. The predicted molar refractivity (Wildman–Crippen MR) is 118 cm³/mol. The van der Waals surface area contributed by atoms with Crippen LogP contribution in [0, 0.1) is 48.5 Å². The zero-order chi connectivity index (χ0) is 19.7. The lowest BCUT2D eigenvalue weighted by molar-refractivity contribution is 1.06. The van der Waals surface area contributed by atoms with Crippen LogP contribution < -0.4 is 0 Å². The Bertz CT molecular complexity index is 912. The summed E-state index contributed by atoms with van der Waals surface area (Å²) in [6, 6.07) is 15.9. The normalized spacial score (nSPS) is 11.1. The monoisotopic (exact) mass is 356 g/mol. The van der Waals surface area contributed by atoms with Crippen molar-refractivity contribution >= 4 is 0 Å². The number of benzene rings is 3. The molecule has 0 saturated heterocycles. The Morgan fingerprint density at radius 1 is 0.407 bits per heavy atom. The van der Waals surface area contributed by atoms with E-state index in [1.165, 1.54) is 61.2 Å². The molecule has 0 nitrogen and oxygen atoms in total. The fourth-order valence-corrected chi connectivity index (χ4v) is 3.94. The maximum absolute atomic E-state index is 2.30. The first-order valence-corrected chi connectivity index (χ1v) is 9.98. The van der Waals surface area contributed by atoms with Crippen molar-refractivity contribution in [3.05, 3.63) is 104 Å². The molecule has 0 aliphatic heterocycles. The maximum atomic E-state index is 2.30. The second-order valence-electron chi connectivity index (χ2n) is 8.14. The molecule has 0 aliphatic rings. The van der Waals surface area contributed by atoms with E-state index in [9.17, 15) is 0 Å². The lowest BCUT2D eigenvalue weighted by Gasteiger charge is -2.16. The summed E-state index contributed by atoms with van der Waals surface area (Å²) in [6.07, 6.45) is 2.02. The quantitative estimate of drug-likeness (QED) is 0.471. The second kappa shape index (κ2) is 7.72. The van der Waals surface area contributed by atoms with E-state index in [4.69, 9.17) is 0 Å². The molecule has 27 heavy (non-hydrogen) atoms. The molecule has 0 unspecified atom stereocenters. The van der Waals surface area contributed by atoms with Gasteiger partial charge in [0.25, 0.3) is 0 Å². The molecule has 0 heterocycles. The molecule has 0 amide bonds. The van der Waals surface area contributed by atoms with Gasteiger partial charge in [0, 0.05) is 0 Å². The highest BCUT2D eigenvalue weighted by Crippen LogP contribution is 2.26. The van der Waals surface area contributed by atoms with Crippen LogP contribution in [0.3, 0.4) is 0 Å². The molecule has 0 fully saturated rings. The van der Waals surface area contributed by atoms with E-state index in [0.29, 0.717) is 0 Å². The van der Waals surface area contributed by atoms with E-state index in [1.54, 1.807) is 0 Å². The van der Waals surface area contributed by atoms with Crippen LogP contribution in [0.4, 0.5) is 0 Å². The predicted octanol–water partition coefficient (Wildman–Crippen LogP) is 7.03. The van der Waals surface area contributed by atoms with Crippen LogP contribution in [0.25, 0.3) is 0 Å². The van der Waals surface area contributed by atoms with Gasteiger partial charge in [0.2, 0.25) is 0 Å². The molecule has 0 atom stereocenters. The molecule has 0 aromatic heterocycles. The molecule has 0 saturated carbocycles. The van der Waals surface area contributed by atoms with Crippen molar-refractivity contribution in [2.45, 2.75) is 61.3 Å². The molecule has 3 rings (SSSR count). The van der Waals surface area contributed by atoms with Gasteiger partial charge in [0.15, 0.2) is 0 Å². The van der Waals surface area contributed by atoms with Crippen LogP contribution in [0.2, 0.25) is 0 Å². The largest absolute Gasteiger partial charge is 0.0617 e. The maximum Gasteiger partial charge on any atom is -0.00203 e. The highest BCUT2D eigenvalue weighted by molar-refractivity contribution is 5.46. The summed E-state index contributed by atoms with van der Waals surface area (Å²) in [5.74, 6) is 0. The van der Waals surface area contributed by atoms with Gasteiger partial charge in [0.05, 0.1) is 0 Å². The summed E-state index contributed by atoms with van der Waals surface area (Å²) in [5.41, 5.74) is 15.7. The van der Waals surface area contributed by atoms with Gasteiger partial charge in [-0.3, -0.25) is 0 Å². The minimum absolute atomic E-state index is 1.01. The number of hydrogen-bond donors (Lipinski definition) is 0. The van der Waals surface area contributed by atoms with Crippen molar-refractivity contribution in [3.63, 3.8) is 0 Å². The Morgan fingerprint density at radius 3 is 1.19 bits per heavy atom. The summed E-state index contributed by atoms with van der Waals surface area (Å²) >= 11 is 0. The SMILES string of the molecule is Cc1ccc(Cc2cccc(Cc3ccc(C)c(C)c3C)c2C)c(C)c1C. The van der Waals surface area contributed by atoms with Gasteiger partial charge in [-0.2, -0.15) is 0 Å². The minimum Gasteiger partial charge on any atom is -0.0617 e. The molecule has 0 bridgehead atoms. The van der Waals surface area contributed by atoms with Crippen LogP contribution in [0.1, 0.15) is 61.2 Å². The topological polar surface area (TPSA) is 0 Å². The molecule has 0 spiro atoms.